The van der Waals surface area contributed by atoms with Crippen molar-refractivity contribution in [3.05, 3.63) is 47.4 Å². The summed E-state index contributed by atoms with van der Waals surface area (Å²) in [4.78, 5) is 11.1. The Balaban J connectivity index is 1.51. The zero-order valence-electron chi connectivity index (χ0n) is 15.3. The van der Waals surface area contributed by atoms with Crippen LogP contribution >= 0.6 is 11.6 Å². The molecule has 1 aromatic carbocycles. The number of aromatic nitrogens is 2. The van der Waals surface area contributed by atoms with Crippen LogP contribution in [0.2, 0.25) is 5.02 Å². The predicted molar refractivity (Wildman–Crippen MR) is 106 cm³/mol. The molecule has 2 aliphatic rings. The fourth-order valence-corrected chi connectivity index (χ4v) is 5.78. The average Bonchev–Trinajstić information content (AvgIpc) is 3.50. The van der Waals surface area contributed by atoms with Crippen molar-refractivity contribution < 1.29 is 8.42 Å². The van der Waals surface area contributed by atoms with E-state index in [1.807, 2.05) is 6.07 Å². The van der Waals surface area contributed by atoms with Gasteiger partial charge in [-0.3, -0.25) is 0 Å². The van der Waals surface area contributed by atoms with Gasteiger partial charge in [0.1, 0.15) is 12.1 Å². The van der Waals surface area contributed by atoms with Crippen molar-refractivity contribution in [3.8, 4) is 0 Å². The van der Waals surface area contributed by atoms with E-state index in [4.69, 9.17) is 11.6 Å². The smallest absolute Gasteiger partial charge is 0.243 e. The number of sulfonamides is 1. The molecule has 1 aromatic heterocycles. The van der Waals surface area contributed by atoms with Gasteiger partial charge in [0.25, 0.3) is 0 Å². The predicted octanol–water partition coefficient (Wildman–Crippen LogP) is 3.26. The number of piperidine rings is 1. The summed E-state index contributed by atoms with van der Waals surface area (Å²) >= 11 is 6.13. The van der Waals surface area contributed by atoms with E-state index in [9.17, 15) is 8.42 Å². The Hall–Kier alpha value is -1.70. The van der Waals surface area contributed by atoms with Gasteiger partial charge < -0.3 is 4.90 Å². The maximum atomic E-state index is 13.1. The minimum Gasteiger partial charge on any atom is -0.350 e. The van der Waals surface area contributed by atoms with Crippen LogP contribution in [0.5, 0.6) is 0 Å². The Morgan fingerprint density at radius 3 is 2.44 bits per heavy atom. The molecule has 144 valence electrons. The van der Waals surface area contributed by atoms with E-state index in [2.05, 4.69) is 14.9 Å². The van der Waals surface area contributed by atoms with Crippen LogP contribution in [0, 0.1) is 6.92 Å². The second kappa shape index (κ2) is 7.37. The molecule has 8 heteroatoms. The minimum absolute atomic E-state index is 0.305. The molecule has 2 aromatic rings. The Morgan fingerprint density at radius 2 is 1.81 bits per heavy atom. The first-order valence-corrected chi connectivity index (χ1v) is 11.1. The Bertz CT molecular complexity index is 911. The van der Waals surface area contributed by atoms with E-state index >= 15 is 0 Å². The largest absolute Gasteiger partial charge is 0.350 e. The molecule has 0 bridgehead atoms. The van der Waals surface area contributed by atoms with Crippen LogP contribution in [0.1, 0.15) is 31.2 Å². The number of halogens is 1. The first-order chi connectivity index (χ1) is 13.0. The summed E-state index contributed by atoms with van der Waals surface area (Å²) in [5.74, 6) is 0.944. The van der Waals surface area contributed by atoms with Crippen molar-refractivity contribution >= 4 is 27.4 Å². The monoisotopic (exact) mass is 406 g/mol. The topological polar surface area (TPSA) is 66.4 Å². The summed E-state index contributed by atoms with van der Waals surface area (Å²) in [7, 11) is -3.53. The summed E-state index contributed by atoms with van der Waals surface area (Å²) < 4.78 is 27.8. The van der Waals surface area contributed by atoms with Crippen LogP contribution < -0.4 is 4.90 Å². The lowest BCUT2D eigenvalue weighted by Gasteiger charge is -2.39. The van der Waals surface area contributed by atoms with Gasteiger partial charge in [0, 0.05) is 36.4 Å². The van der Waals surface area contributed by atoms with Gasteiger partial charge in [-0.15, -0.1) is 0 Å². The second-order valence-corrected chi connectivity index (χ2v) is 9.52. The number of hydrogen-bond donors (Lipinski definition) is 0. The molecular weight excluding hydrogens is 384 g/mol. The van der Waals surface area contributed by atoms with E-state index in [0.29, 0.717) is 40.7 Å². The van der Waals surface area contributed by atoms with Gasteiger partial charge in [0.15, 0.2) is 0 Å². The molecule has 0 radical (unpaired) electrons. The van der Waals surface area contributed by atoms with Crippen molar-refractivity contribution in [1.29, 1.82) is 0 Å². The highest BCUT2D eigenvalue weighted by molar-refractivity contribution is 7.89. The maximum absolute atomic E-state index is 13.1. The molecule has 1 aliphatic heterocycles. The number of hydrogen-bond acceptors (Lipinski definition) is 5. The van der Waals surface area contributed by atoms with Gasteiger partial charge in [-0.1, -0.05) is 17.7 Å². The van der Waals surface area contributed by atoms with Gasteiger partial charge in [0.2, 0.25) is 10.0 Å². The number of rotatable bonds is 5. The molecule has 0 N–H and O–H groups in total. The van der Waals surface area contributed by atoms with E-state index in [1.165, 1.54) is 12.8 Å². The van der Waals surface area contributed by atoms with E-state index < -0.39 is 10.0 Å². The molecule has 0 atom stereocenters. The molecule has 1 saturated carbocycles. The van der Waals surface area contributed by atoms with Gasteiger partial charge in [-0.25, -0.2) is 18.4 Å². The Morgan fingerprint density at radius 1 is 1.11 bits per heavy atom. The fourth-order valence-electron chi connectivity index (χ4n) is 3.83. The zero-order chi connectivity index (χ0) is 19.0. The average molecular weight is 407 g/mol. The van der Waals surface area contributed by atoms with Gasteiger partial charge >= 0.3 is 0 Å². The molecular formula is C19H23ClN4O2S. The summed E-state index contributed by atoms with van der Waals surface area (Å²) in [6.07, 6.45) is 7.26. The van der Waals surface area contributed by atoms with E-state index in [-0.39, 0.29) is 0 Å². The Kier molecular flexibility index (Phi) is 5.09. The second-order valence-electron chi connectivity index (χ2n) is 7.20. The molecule has 1 saturated heterocycles. The molecule has 1 aliphatic carbocycles. The standard InChI is InChI=1S/C19H23ClN4O2S/c1-14-17(20)3-2-4-18(14)27(25,26)23-11-8-16(9-12-23)24(15-5-6-15)19-7-10-21-13-22-19/h2-4,7,10,13,15-16H,5-6,8-9,11-12H2,1H3. The highest BCUT2D eigenvalue weighted by Gasteiger charge is 2.38. The van der Waals surface area contributed by atoms with Crippen LogP contribution in [-0.2, 0) is 10.0 Å². The lowest BCUT2D eigenvalue weighted by atomic mass is 10.0. The fraction of sp³-hybridized carbons (Fsp3) is 0.474. The van der Waals surface area contributed by atoms with Crippen molar-refractivity contribution in [2.45, 2.75) is 49.6 Å². The first-order valence-electron chi connectivity index (χ1n) is 9.28. The Labute approximate surface area is 165 Å². The van der Waals surface area contributed by atoms with Crippen LogP contribution in [0.4, 0.5) is 5.82 Å². The SMILES string of the molecule is Cc1c(Cl)cccc1S(=O)(=O)N1CCC(N(c2ccncn2)C2CC2)CC1. The van der Waals surface area contributed by atoms with Crippen LogP contribution in [0.3, 0.4) is 0 Å². The van der Waals surface area contributed by atoms with Crippen LogP contribution in [0.15, 0.2) is 41.7 Å². The third-order valence-corrected chi connectivity index (χ3v) is 7.88. The van der Waals surface area contributed by atoms with Crippen LogP contribution in [-0.4, -0.2) is 47.9 Å². The van der Waals surface area contributed by atoms with Gasteiger partial charge in [-0.05, 0) is 56.4 Å². The highest BCUT2D eigenvalue weighted by Crippen LogP contribution is 2.36. The van der Waals surface area contributed by atoms with Crippen molar-refractivity contribution in [3.63, 3.8) is 0 Å². The lowest BCUT2D eigenvalue weighted by molar-refractivity contribution is 0.308. The molecule has 27 heavy (non-hydrogen) atoms. The van der Waals surface area contributed by atoms with E-state index in [1.54, 1.807) is 42.0 Å². The number of nitrogens with zero attached hydrogens (tertiary/aromatic N) is 4. The van der Waals surface area contributed by atoms with Crippen molar-refractivity contribution in [2.75, 3.05) is 18.0 Å². The van der Waals surface area contributed by atoms with Crippen LogP contribution in [0.25, 0.3) is 0 Å². The summed E-state index contributed by atoms with van der Waals surface area (Å²) in [6.45, 7) is 2.77. The normalized spacial score (nSPS) is 19.2. The number of anilines is 1. The number of benzene rings is 1. The maximum Gasteiger partial charge on any atom is 0.243 e. The molecule has 0 unspecified atom stereocenters. The molecule has 2 fully saturated rings. The summed E-state index contributed by atoms with van der Waals surface area (Å²) in [6, 6.07) is 7.81. The third kappa shape index (κ3) is 3.68. The highest BCUT2D eigenvalue weighted by atomic mass is 35.5. The van der Waals surface area contributed by atoms with Gasteiger partial charge in [0.05, 0.1) is 4.90 Å². The molecule has 6 nitrogen and oxygen atoms in total. The quantitative estimate of drug-likeness (QED) is 0.762. The lowest BCUT2D eigenvalue weighted by Crippen LogP contribution is -2.48. The molecule has 2 heterocycles. The molecule has 0 spiro atoms. The zero-order valence-corrected chi connectivity index (χ0v) is 16.8. The third-order valence-electron chi connectivity index (χ3n) is 5.42. The summed E-state index contributed by atoms with van der Waals surface area (Å²) in [5, 5.41) is 0.481. The van der Waals surface area contributed by atoms with E-state index in [0.717, 1.165) is 18.7 Å². The first kappa shape index (κ1) is 18.7. The van der Waals surface area contributed by atoms with Gasteiger partial charge in [-0.2, -0.15) is 4.31 Å². The van der Waals surface area contributed by atoms with Crippen molar-refractivity contribution in [2.24, 2.45) is 0 Å². The summed E-state index contributed by atoms with van der Waals surface area (Å²) in [5.41, 5.74) is 0.613. The molecule has 4 rings (SSSR count). The molecule has 0 amide bonds. The van der Waals surface area contributed by atoms with Crippen molar-refractivity contribution in [1.82, 2.24) is 14.3 Å². The minimum atomic E-state index is -3.53.